The molecule has 0 atom stereocenters. The fraction of sp³-hybridized carbons (Fsp3) is 0. The Hall–Kier alpha value is -3.24. The SMILES string of the molecule is O=C(Nc1ccccc1NS(=O)(=O)c1cccs1)c1ccc([N+](=O)[O-])cc1. The van der Waals surface area contributed by atoms with E-state index in [1.165, 1.54) is 36.4 Å². The Balaban J connectivity index is 1.82. The number of nitro benzene ring substituents is 1. The first-order valence-corrected chi connectivity index (χ1v) is 9.94. The van der Waals surface area contributed by atoms with Crippen LogP contribution in [-0.2, 0) is 10.0 Å². The van der Waals surface area contributed by atoms with Crippen molar-refractivity contribution in [2.45, 2.75) is 4.21 Å². The minimum atomic E-state index is -3.77. The average Bonchev–Trinajstić information content (AvgIpc) is 3.19. The van der Waals surface area contributed by atoms with Crippen LogP contribution in [0.1, 0.15) is 10.4 Å². The topological polar surface area (TPSA) is 118 Å². The number of nitrogens with one attached hydrogen (secondary N) is 2. The second-order valence-corrected chi connectivity index (χ2v) is 8.20. The lowest BCUT2D eigenvalue weighted by Gasteiger charge is -2.13. The Morgan fingerprint density at radius 2 is 1.63 bits per heavy atom. The van der Waals surface area contributed by atoms with Crippen LogP contribution in [0.3, 0.4) is 0 Å². The summed E-state index contributed by atoms with van der Waals surface area (Å²) in [7, 11) is -3.77. The molecule has 0 aliphatic heterocycles. The number of hydrogen-bond acceptors (Lipinski definition) is 6. The van der Waals surface area contributed by atoms with E-state index in [-0.39, 0.29) is 26.8 Å². The van der Waals surface area contributed by atoms with Gasteiger partial charge in [-0.05, 0) is 35.7 Å². The molecule has 0 spiro atoms. The molecule has 138 valence electrons. The number of sulfonamides is 1. The third-order valence-electron chi connectivity index (χ3n) is 3.52. The van der Waals surface area contributed by atoms with Crippen molar-refractivity contribution in [3.63, 3.8) is 0 Å². The minimum absolute atomic E-state index is 0.129. The molecule has 0 aliphatic carbocycles. The van der Waals surface area contributed by atoms with E-state index in [0.29, 0.717) is 0 Å². The average molecular weight is 403 g/mol. The highest BCUT2D eigenvalue weighted by atomic mass is 32.2. The Kier molecular flexibility index (Phi) is 5.19. The molecule has 0 radical (unpaired) electrons. The lowest BCUT2D eigenvalue weighted by molar-refractivity contribution is -0.384. The second kappa shape index (κ2) is 7.56. The van der Waals surface area contributed by atoms with Crippen molar-refractivity contribution in [2.75, 3.05) is 10.0 Å². The van der Waals surface area contributed by atoms with E-state index < -0.39 is 20.9 Å². The fourth-order valence-electron chi connectivity index (χ4n) is 2.22. The van der Waals surface area contributed by atoms with Crippen molar-refractivity contribution in [2.24, 2.45) is 0 Å². The molecule has 0 aliphatic rings. The number of carbonyl (C=O) groups excluding carboxylic acids is 1. The fourth-order valence-corrected chi connectivity index (χ4v) is 4.29. The molecular formula is C17H13N3O5S2. The van der Waals surface area contributed by atoms with Crippen LogP contribution < -0.4 is 10.0 Å². The molecule has 3 rings (SSSR count). The Bertz CT molecular complexity index is 1080. The van der Waals surface area contributed by atoms with Gasteiger partial charge >= 0.3 is 0 Å². The van der Waals surface area contributed by atoms with Gasteiger partial charge in [0.15, 0.2) is 0 Å². The lowest BCUT2D eigenvalue weighted by atomic mass is 10.2. The van der Waals surface area contributed by atoms with Gasteiger partial charge in [0.05, 0.1) is 16.3 Å². The van der Waals surface area contributed by atoms with Crippen LogP contribution in [0.4, 0.5) is 17.1 Å². The Labute approximate surface area is 158 Å². The van der Waals surface area contributed by atoms with Crippen molar-refractivity contribution in [1.29, 1.82) is 0 Å². The number of nitrogens with zero attached hydrogens (tertiary/aromatic N) is 1. The highest BCUT2D eigenvalue weighted by molar-refractivity contribution is 7.94. The van der Waals surface area contributed by atoms with Gasteiger partial charge in [0.25, 0.3) is 21.6 Å². The summed E-state index contributed by atoms with van der Waals surface area (Å²) >= 11 is 1.08. The zero-order valence-electron chi connectivity index (χ0n) is 13.7. The molecule has 2 N–H and O–H groups in total. The van der Waals surface area contributed by atoms with Crippen LogP contribution in [0, 0.1) is 10.1 Å². The Morgan fingerprint density at radius 3 is 2.22 bits per heavy atom. The first-order chi connectivity index (χ1) is 12.9. The van der Waals surface area contributed by atoms with Crippen LogP contribution in [0.5, 0.6) is 0 Å². The molecule has 0 saturated heterocycles. The van der Waals surface area contributed by atoms with E-state index >= 15 is 0 Å². The first-order valence-electron chi connectivity index (χ1n) is 7.58. The van der Waals surface area contributed by atoms with Crippen LogP contribution in [-0.4, -0.2) is 19.2 Å². The zero-order valence-corrected chi connectivity index (χ0v) is 15.3. The molecular weight excluding hydrogens is 390 g/mol. The largest absolute Gasteiger partial charge is 0.320 e. The lowest BCUT2D eigenvalue weighted by Crippen LogP contribution is -2.16. The van der Waals surface area contributed by atoms with E-state index in [0.717, 1.165) is 11.3 Å². The molecule has 0 bridgehead atoms. The van der Waals surface area contributed by atoms with Gasteiger partial charge in [-0.2, -0.15) is 0 Å². The predicted molar refractivity (Wildman–Crippen MR) is 103 cm³/mol. The standard InChI is InChI=1S/C17H13N3O5S2/c21-17(12-7-9-13(10-8-12)20(22)23)18-14-4-1-2-5-15(14)19-27(24,25)16-6-3-11-26-16/h1-11,19H,(H,18,21). The monoisotopic (exact) mass is 403 g/mol. The molecule has 10 heteroatoms. The first kappa shape index (κ1) is 18.5. The van der Waals surface area contributed by atoms with Gasteiger partial charge in [-0.15, -0.1) is 11.3 Å². The normalized spacial score (nSPS) is 11.0. The number of amides is 1. The van der Waals surface area contributed by atoms with Gasteiger partial charge in [0.2, 0.25) is 0 Å². The summed E-state index contributed by atoms with van der Waals surface area (Å²) in [6.07, 6.45) is 0. The number of nitro groups is 1. The number of para-hydroxylation sites is 2. The zero-order chi connectivity index (χ0) is 19.4. The quantitative estimate of drug-likeness (QED) is 0.480. The highest BCUT2D eigenvalue weighted by Gasteiger charge is 2.18. The predicted octanol–water partition coefficient (Wildman–Crippen LogP) is 3.71. The summed E-state index contributed by atoms with van der Waals surface area (Å²) in [5.41, 5.74) is 0.550. The van der Waals surface area contributed by atoms with Crippen LogP contribution in [0.15, 0.2) is 70.3 Å². The maximum atomic E-state index is 12.4. The molecule has 0 fully saturated rings. The molecule has 1 heterocycles. The van der Waals surface area contributed by atoms with Crippen LogP contribution >= 0.6 is 11.3 Å². The third-order valence-corrected chi connectivity index (χ3v) is 6.28. The van der Waals surface area contributed by atoms with Crippen molar-refractivity contribution in [3.05, 3.63) is 81.7 Å². The van der Waals surface area contributed by atoms with Crippen molar-refractivity contribution in [3.8, 4) is 0 Å². The van der Waals surface area contributed by atoms with Gasteiger partial charge in [0, 0.05) is 17.7 Å². The molecule has 0 saturated carbocycles. The summed E-state index contributed by atoms with van der Waals surface area (Å²) < 4.78 is 27.4. The maximum absolute atomic E-state index is 12.4. The van der Waals surface area contributed by atoms with Crippen molar-refractivity contribution < 1.29 is 18.1 Å². The molecule has 8 nitrogen and oxygen atoms in total. The molecule has 1 aromatic heterocycles. The van der Waals surface area contributed by atoms with E-state index in [2.05, 4.69) is 10.0 Å². The molecule has 3 aromatic rings. The second-order valence-electron chi connectivity index (χ2n) is 5.34. The van der Waals surface area contributed by atoms with Gasteiger partial charge < -0.3 is 5.32 Å². The Morgan fingerprint density at radius 1 is 0.963 bits per heavy atom. The van der Waals surface area contributed by atoms with Gasteiger partial charge in [0.1, 0.15) is 4.21 Å². The smallest absolute Gasteiger partial charge is 0.271 e. The number of hydrogen-bond donors (Lipinski definition) is 2. The molecule has 27 heavy (non-hydrogen) atoms. The number of thiophene rings is 1. The number of anilines is 2. The third kappa shape index (κ3) is 4.30. The van der Waals surface area contributed by atoms with E-state index in [4.69, 9.17) is 0 Å². The van der Waals surface area contributed by atoms with E-state index in [9.17, 15) is 23.3 Å². The maximum Gasteiger partial charge on any atom is 0.271 e. The summed E-state index contributed by atoms with van der Waals surface area (Å²) in [6.45, 7) is 0. The number of non-ortho nitro benzene ring substituents is 1. The van der Waals surface area contributed by atoms with E-state index in [1.54, 1.807) is 29.6 Å². The van der Waals surface area contributed by atoms with Gasteiger partial charge in [-0.25, -0.2) is 8.42 Å². The molecule has 0 unspecified atom stereocenters. The minimum Gasteiger partial charge on any atom is -0.320 e. The number of benzene rings is 2. The number of rotatable bonds is 6. The van der Waals surface area contributed by atoms with Crippen LogP contribution in [0.2, 0.25) is 0 Å². The van der Waals surface area contributed by atoms with Crippen LogP contribution in [0.25, 0.3) is 0 Å². The molecule has 1 amide bonds. The summed E-state index contributed by atoms with van der Waals surface area (Å²) in [4.78, 5) is 22.5. The van der Waals surface area contributed by atoms with Gasteiger partial charge in [-0.3, -0.25) is 19.6 Å². The summed E-state index contributed by atoms with van der Waals surface area (Å²) in [6, 6.07) is 14.6. The highest BCUT2D eigenvalue weighted by Crippen LogP contribution is 2.26. The summed E-state index contributed by atoms with van der Waals surface area (Å²) in [5, 5.41) is 14.9. The summed E-state index contributed by atoms with van der Waals surface area (Å²) in [5.74, 6) is -0.521. The van der Waals surface area contributed by atoms with Crippen molar-refractivity contribution in [1.82, 2.24) is 0 Å². The van der Waals surface area contributed by atoms with Crippen molar-refractivity contribution >= 4 is 44.3 Å². The number of carbonyl (C=O) groups is 1. The van der Waals surface area contributed by atoms with Gasteiger partial charge in [-0.1, -0.05) is 18.2 Å². The van der Waals surface area contributed by atoms with E-state index in [1.807, 2.05) is 0 Å². The molecule has 2 aromatic carbocycles.